The second-order valence-corrected chi connectivity index (χ2v) is 5.55. The van der Waals surface area contributed by atoms with Gasteiger partial charge in [0.1, 0.15) is 0 Å². The Hall–Kier alpha value is -3.48. The number of esters is 2. The number of anilines is 1. The van der Waals surface area contributed by atoms with Crippen molar-refractivity contribution in [1.82, 2.24) is 0 Å². The van der Waals surface area contributed by atoms with Gasteiger partial charge in [-0.25, -0.2) is 9.59 Å². The molecule has 0 spiro atoms. The Labute approximate surface area is 156 Å². The molecule has 0 heterocycles. The van der Waals surface area contributed by atoms with E-state index in [-0.39, 0.29) is 17.3 Å². The van der Waals surface area contributed by atoms with Crippen molar-refractivity contribution in [1.29, 1.82) is 0 Å². The highest BCUT2D eigenvalue weighted by Gasteiger charge is 2.13. The van der Waals surface area contributed by atoms with Crippen LogP contribution in [0.2, 0.25) is 0 Å². The van der Waals surface area contributed by atoms with Crippen LogP contribution in [0.15, 0.2) is 48.5 Å². The van der Waals surface area contributed by atoms with Gasteiger partial charge >= 0.3 is 11.9 Å². The maximum atomic E-state index is 12.1. The Kier molecular flexibility index (Phi) is 6.82. The van der Waals surface area contributed by atoms with E-state index in [9.17, 15) is 19.2 Å². The van der Waals surface area contributed by atoms with Crippen LogP contribution in [-0.4, -0.2) is 37.3 Å². The van der Waals surface area contributed by atoms with Crippen LogP contribution < -0.4 is 5.32 Å². The normalized spacial score (nSPS) is 10.0. The summed E-state index contributed by atoms with van der Waals surface area (Å²) in [6, 6.07) is 12.0. The van der Waals surface area contributed by atoms with Gasteiger partial charge in [-0.05, 0) is 48.5 Å². The molecule has 0 aromatic heterocycles. The van der Waals surface area contributed by atoms with Crippen LogP contribution in [0, 0.1) is 0 Å². The number of Topliss-reactive ketones (excluding diaryl/α,β-unsaturated/α-hetero) is 1. The van der Waals surface area contributed by atoms with Gasteiger partial charge in [0.15, 0.2) is 12.4 Å². The fraction of sp³-hybridized carbons (Fsp3) is 0.200. The molecule has 0 unspecified atom stereocenters. The van der Waals surface area contributed by atoms with Gasteiger partial charge in [-0.15, -0.1) is 0 Å². The van der Waals surface area contributed by atoms with Gasteiger partial charge in [0.25, 0.3) is 0 Å². The molecule has 0 fully saturated rings. The highest BCUT2D eigenvalue weighted by atomic mass is 16.5. The van der Waals surface area contributed by atoms with Crippen LogP contribution in [0.25, 0.3) is 0 Å². The predicted octanol–water partition coefficient (Wildman–Crippen LogP) is 2.86. The van der Waals surface area contributed by atoms with Crippen LogP contribution in [0.5, 0.6) is 0 Å². The molecule has 7 heteroatoms. The molecule has 1 N–H and O–H groups in total. The predicted molar refractivity (Wildman–Crippen MR) is 97.8 cm³/mol. The average Bonchev–Trinajstić information content (AvgIpc) is 2.71. The van der Waals surface area contributed by atoms with Gasteiger partial charge in [0, 0.05) is 17.7 Å². The molecule has 0 atom stereocenters. The fourth-order valence-electron chi connectivity index (χ4n) is 2.15. The van der Waals surface area contributed by atoms with Gasteiger partial charge in [-0.1, -0.05) is 6.92 Å². The zero-order valence-corrected chi connectivity index (χ0v) is 15.0. The second-order valence-electron chi connectivity index (χ2n) is 5.55. The number of carbonyl (C=O) groups is 4. The summed E-state index contributed by atoms with van der Waals surface area (Å²) in [5, 5.41) is 2.68. The molecule has 0 aliphatic heterocycles. The molecule has 27 heavy (non-hydrogen) atoms. The van der Waals surface area contributed by atoms with Crippen LogP contribution in [-0.2, 0) is 14.3 Å². The lowest BCUT2D eigenvalue weighted by molar-refractivity contribution is -0.115. The highest BCUT2D eigenvalue weighted by Crippen LogP contribution is 2.12. The minimum absolute atomic E-state index is 0.124. The van der Waals surface area contributed by atoms with E-state index in [1.165, 1.54) is 31.4 Å². The summed E-state index contributed by atoms with van der Waals surface area (Å²) >= 11 is 0. The molecule has 0 bridgehead atoms. The largest absolute Gasteiger partial charge is 0.465 e. The molecule has 0 radical (unpaired) electrons. The lowest BCUT2D eigenvalue weighted by atomic mass is 10.1. The smallest absolute Gasteiger partial charge is 0.338 e. The number of nitrogens with one attached hydrogen (secondary N) is 1. The van der Waals surface area contributed by atoms with Crippen molar-refractivity contribution in [3.8, 4) is 0 Å². The number of ketones is 1. The quantitative estimate of drug-likeness (QED) is 0.595. The minimum atomic E-state index is -0.674. The van der Waals surface area contributed by atoms with Crippen molar-refractivity contribution in [2.24, 2.45) is 0 Å². The molecule has 0 aliphatic rings. The minimum Gasteiger partial charge on any atom is -0.465 e. The maximum Gasteiger partial charge on any atom is 0.338 e. The van der Waals surface area contributed by atoms with E-state index >= 15 is 0 Å². The third kappa shape index (κ3) is 5.50. The number of amides is 1. The number of hydrogen-bond acceptors (Lipinski definition) is 6. The summed E-state index contributed by atoms with van der Waals surface area (Å²) in [7, 11) is 1.26. The number of hydrogen-bond donors (Lipinski definition) is 1. The van der Waals surface area contributed by atoms with Gasteiger partial charge < -0.3 is 14.8 Å². The molecule has 2 aromatic carbocycles. The number of benzene rings is 2. The summed E-state index contributed by atoms with van der Waals surface area (Å²) in [5.41, 5.74) is 1.47. The first kappa shape index (κ1) is 19.8. The van der Waals surface area contributed by atoms with Gasteiger partial charge in [0.05, 0.1) is 18.2 Å². The van der Waals surface area contributed by atoms with E-state index < -0.39 is 18.5 Å². The van der Waals surface area contributed by atoms with Crippen molar-refractivity contribution in [2.45, 2.75) is 13.3 Å². The Balaban J connectivity index is 1.91. The summed E-state index contributed by atoms with van der Waals surface area (Å²) in [5.74, 6) is -1.68. The van der Waals surface area contributed by atoms with E-state index in [1.807, 2.05) is 0 Å². The van der Waals surface area contributed by atoms with Gasteiger partial charge in [-0.2, -0.15) is 0 Å². The van der Waals surface area contributed by atoms with Crippen LogP contribution >= 0.6 is 0 Å². The number of ether oxygens (including phenoxy) is 2. The molecule has 7 nitrogen and oxygen atoms in total. The Morgan fingerprint density at radius 1 is 0.815 bits per heavy atom. The Morgan fingerprint density at radius 3 is 1.85 bits per heavy atom. The van der Waals surface area contributed by atoms with E-state index in [4.69, 9.17) is 4.74 Å². The van der Waals surface area contributed by atoms with E-state index in [1.54, 1.807) is 31.2 Å². The summed E-state index contributed by atoms with van der Waals surface area (Å²) < 4.78 is 9.59. The van der Waals surface area contributed by atoms with Crippen molar-refractivity contribution in [3.05, 3.63) is 65.2 Å². The summed E-state index contributed by atoms with van der Waals surface area (Å²) in [6.45, 7) is 1.32. The third-order valence-corrected chi connectivity index (χ3v) is 3.69. The molecular formula is C20H19NO6. The Bertz CT molecular complexity index is 840. The van der Waals surface area contributed by atoms with Gasteiger partial charge in [-0.3, -0.25) is 9.59 Å². The van der Waals surface area contributed by atoms with E-state index in [0.717, 1.165) is 0 Å². The SMILES string of the molecule is CCC(=O)Nc1ccc(C(=O)COC(=O)c2ccc(C(=O)OC)cc2)cc1. The first-order valence-corrected chi connectivity index (χ1v) is 8.23. The summed E-state index contributed by atoms with van der Waals surface area (Å²) in [4.78, 5) is 46.8. The third-order valence-electron chi connectivity index (χ3n) is 3.69. The molecule has 0 saturated carbocycles. The standard InChI is InChI=1S/C20H19NO6/c1-3-18(23)21-16-10-8-13(9-11-16)17(22)12-27-20(25)15-6-4-14(5-7-15)19(24)26-2/h4-11H,3,12H2,1-2H3,(H,21,23). The highest BCUT2D eigenvalue weighted by molar-refractivity contribution is 6.00. The molecular weight excluding hydrogens is 350 g/mol. The first-order valence-electron chi connectivity index (χ1n) is 8.23. The number of rotatable bonds is 7. The zero-order valence-electron chi connectivity index (χ0n) is 15.0. The van der Waals surface area contributed by atoms with Crippen molar-refractivity contribution in [2.75, 3.05) is 19.0 Å². The van der Waals surface area contributed by atoms with Crippen molar-refractivity contribution >= 4 is 29.3 Å². The lowest BCUT2D eigenvalue weighted by Crippen LogP contribution is -2.15. The second kappa shape index (κ2) is 9.28. The molecule has 1 amide bonds. The summed E-state index contributed by atoms with van der Waals surface area (Å²) in [6.07, 6.45) is 0.358. The Morgan fingerprint density at radius 2 is 1.33 bits per heavy atom. The maximum absolute atomic E-state index is 12.1. The first-order chi connectivity index (χ1) is 12.9. The number of carbonyl (C=O) groups excluding carboxylic acids is 4. The lowest BCUT2D eigenvalue weighted by Gasteiger charge is -2.07. The zero-order chi connectivity index (χ0) is 19.8. The topological polar surface area (TPSA) is 98.8 Å². The van der Waals surface area contributed by atoms with Crippen LogP contribution in [0.1, 0.15) is 44.4 Å². The van der Waals surface area contributed by atoms with Crippen LogP contribution in [0.3, 0.4) is 0 Å². The monoisotopic (exact) mass is 369 g/mol. The van der Waals surface area contributed by atoms with Gasteiger partial charge in [0.2, 0.25) is 5.91 Å². The molecule has 2 aromatic rings. The van der Waals surface area contributed by atoms with Crippen molar-refractivity contribution in [3.63, 3.8) is 0 Å². The number of methoxy groups -OCH3 is 1. The molecule has 140 valence electrons. The molecule has 0 aliphatic carbocycles. The van der Waals surface area contributed by atoms with Crippen molar-refractivity contribution < 1.29 is 28.7 Å². The fourth-order valence-corrected chi connectivity index (χ4v) is 2.15. The van der Waals surface area contributed by atoms with E-state index in [2.05, 4.69) is 10.1 Å². The molecule has 0 saturated heterocycles. The van der Waals surface area contributed by atoms with Crippen LogP contribution in [0.4, 0.5) is 5.69 Å². The average molecular weight is 369 g/mol. The van der Waals surface area contributed by atoms with E-state index in [0.29, 0.717) is 23.2 Å². The molecule has 2 rings (SSSR count).